The first-order chi connectivity index (χ1) is 16.6. The second kappa shape index (κ2) is 13.3. The fourth-order valence-electron chi connectivity index (χ4n) is 2.82. The SMILES string of the molecule is [2H]C(OC(=O)NC(CCCC(N)C(=O)N(C(=O)OC(C)(C)C)[C@H](C)C(=O)O)C(N)=O)c1ccccc1. The maximum absolute atomic E-state index is 12.8. The number of imide groups is 1. The zero-order valence-electron chi connectivity index (χ0n) is 21.2. The van der Waals surface area contributed by atoms with Crippen LogP contribution in [0.4, 0.5) is 9.59 Å². The van der Waals surface area contributed by atoms with Gasteiger partial charge < -0.3 is 31.4 Å². The number of nitrogens with zero attached hydrogens (tertiary/aromatic N) is 1. The molecule has 0 aliphatic rings. The minimum absolute atomic E-state index is 0.0274. The third-order valence-corrected chi connectivity index (χ3v) is 4.63. The van der Waals surface area contributed by atoms with Gasteiger partial charge in [0.05, 0.1) is 7.41 Å². The largest absolute Gasteiger partial charge is 0.480 e. The van der Waals surface area contributed by atoms with Gasteiger partial charge >= 0.3 is 18.2 Å². The molecular formula is C23H34N4O8. The second-order valence-electron chi connectivity index (χ2n) is 8.77. The molecule has 4 amide bonds. The minimum Gasteiger partial charge on any atom is -0.480 e. The third kappa shape index (κ3) is 10.4. The van der Waals surface area contributed by atoms with E-state index in [1.54, 1.807) is 51.1 Å². The van der Waals surface area contributed by atoms with Crippen molar-refractivity contribution in [3.05, 3.63) is 35.9 Å². The van der Waals surface area contributed by atoms with Crippen molar-refractivity contribution >= 4 is 30.0 Å². The highest BCUT2D eigenvalue weighted by Crippen LogP contribution is 2.15. The Bertz CT molecular complexity index is 938. The smallest absolute Gasteiger partial charge is 0.417 e. The molecule has 12 nitrogen and oxygen atoms in total. The van der Waals surface area contributed by atoms with E-state index in [2.05, 4.69) is 5.32 Å². The molecule has 0 aromatic heterocycles. The molecule has 6 N–H and O–H groups in total. The Kier molecular flexibility index (Phi) is 10.5. The number of aliphatic carboxylic acids is 1. The number of carboxylic acid groups (broad SMARTS) is 1. The summed E-state index contributed by atoms with van der Waals surface area (Å²) in [7, 11) is 0. The van der Waals surface area contributed by atoms with E-state index in [1.807, 2.05) is 0 Å². The molecule has 35 heavy (non-hydrogen) atoms. The summed E-state index contributed by atoms with van der Waals surface area (Å²) >= 11 is 0. The summed E-state index contributed by atoms with van der Waals surface area (Å²) in [5.74, 6) is -3.27. The van der Waals surface area contributed by atoms with Crippen molar-refractivity contribution < 1.29 is 39.9 Å². The van der Waals surface area contributed by atoms with Crippen molar-refractivity contribution in [1.29, 1.82) is 0 Å². The van der Waals surface area contributed by atoms with E-state index in [-0.39, 0.29) is 19.3 Å². The molecule has 0 spiro atoms. The van der Waals surface area contributed by atoms with Crippen molar-refractivity contribution in [2.24, 2.45) is 11.5 Å². The number of hydrogen-bond acceptors (Lipinski definition) is 8. The first-order valence-electron chi connectivity index (χ1n) is 11.5. The standard InChI is InChI=1S/C23H34N4O8/c1-14(20(30)31)27(22(33)35-23(2,3)4)19(29)16(24)11-8-12-17(18(25)28)26-21(32)34-13-15-9-6-5-7-10-15/h5-7,9-10,14,16-17H,8,11-13,24H2,1-4H3,(H2,25,28)(H,26,32)(H,30,31)/t14-,16?,17?/m1/s1/i13D/t13?,14-,16?,17?. The van der Waals surface area contributed by atoms with Crippen LogP contribution >= 0.6 is 0 Å². The summed E-state index contributed by atoms with van der Waals surface area (Å²) in [6.07, 6.45) is -2.17. The normalized spacial score (nSPS) is 14.9. The van der Waals surface area contributed by atoms with Gasteiger partial charge in [-0.15, -0.1) is 0 Å². The molecule has 4 atom stereocenters. The lowest BCUT2D eigenvalue weighted by Crippen LogP contribution is -2.54. The minimum atomic E-state index is -1.53. The number of nitrogens with one attached hydrogen (secondary N) is 1. The Morgan fingerprint density at radius 3 is 2.26 bits per heavy atom. The maximum atomic E-state index is 12.8. The van der Waals surface area contributed by atoms with Crippen LogP contribution in [0.5, 0.6) is 0 Å². The molecule has 0 radical (unpaired) electrons. The monoisotopic (exact) mass is 495 g/mol. The first kappa shape index (κ1) is 27.6. The second-order valence-corrected chi connectivity index (χ2v) is 8.77. The summed E-state index contributed by atoms with van der Waals surface area (Å²) in [4.78, 5) is 61.0. The highest BCUT2D eigenvalue weighted by Gasteiger charge is 2.37. The van der Waals surface area contributed by atoms with Crippen LogP contribution in [0.15, 0.2) is 30.3 Å². The number of alkyl carbamates (subject to hydrolysis) is 1. The van der Waals surface area contributed by atoms with Crippen LogP contribution in [-0.2, 0) is 30.4 Å². The summed E-state index contributed by atoms with van der Waals surface area (Å²) < 4.78 is 18.0. The molecule has 0 aliphatic carbocycles. The molecule has 0 bridgehead atoms. The Balaban J connectivity index is 2.73. The lowest BCUT2D eigenvalue weighted by molar-refractivity contribution is -0.149. The number of carbonyl (C=O) groups is 5. The average Bonchev–Trinajstić information content (AvgIpc) is 2.77. The van der Waals surface area contributed by atoms with Crippen LogP contribution in [-0.4, -0.2) is 63.7 Å². The van der Waals surface area contributed by atoms with Crippen LogP contribution in [0.3, 0.4) is 0 Å². The fourth-order valence-corrected chi connectivity index (χ4v) is 2.82. The first-order valence-corrected chi connectivity index (χ1v) is 10.9. The van der Waals surface area contributed by atoms with Crippen LogP contribution in [0, 0.1) is 0 Å². The van der Waals surface area contributed by atoms with Gasteiger partial charge in [0.15, 0.2) is 0 Å². The number of amides is 4. The molecular weight excluding hydrogens is 460 g/mol. The Labute approximate surface area is 205 Å². The van der Waals surface area contributed by atoms with Crippen LogP contribution < -0.4 is 16.8 Å². The van der Waals surface area contributed by atoms with Crippen LogP contribution in [0.1, 0.15) is 53.9 Å². The number of carbonyl (C=O) groups excluding carboxylic acids is 4. The lowest BCUT2D eigenvalue weighted by Gasteiger charge is -2.30. The number of rotatable bonds is 11. The van der Waals surface area contributed by atoms with E-state index in [1.165, 1.54) is 0 Å². The molecule has 1 aromatic carbocycles. The zero-order chi connectivity index (χ0) is 27.6. The number of benzene rings is 1. The summed E-state index contributed by atoms with van der Waals surface area (Å²) in [6.45, 7) is 4.50. The predicted octanol–water partition coefficient (Wildman–Crippen LogP) is 1.50. The van der Waals surface area contributed by atoms with E-state index < -0.39 is 60.3 Å². The van der Waals surface area contributed by atoms with Crippen molar-refractivity contribution in [2.75, 3.05) is 0 Å². The molecule has 12 heteroatoms. The van der Waals surface area contributed by atoms with E-state index in [0.29, 0.717) is 10.5 Å². The molecule has 194 valence electrons. The topological polar surface area (TPSA) is 191 Å². The van der Waals surface area contributed by atoms with Crippen LogP contribution in [0.25, 0.3) is 0 Å². The molecule has 0 heterocycles. The number of ether oxygens (including phenoxy) is 2. The van der Waals surface area contributed by atoms with Gasteiger partial charge in [-0.3, -0.25) is 9.59 Å². The van der Waals surface area contributed by atoms with Gasteiger partial charge in [-0.05, 0) is 52.5 Å². The quantitative estimate of drug-likeness (QED) is 0.352. The van der Waals surface area contributed by atoms with E-state index in [0.717, 1.165) is 6.92 Å². The van der Waals surface area contributed by atoms with Gasteiger partial charge in [0.1, 0.15) is 24.3 Å². The molecule has 0 aliphatic heterocycles. The zero-order valence-corrected chi connectivity index (χ0v) is 20.2. The summed E-state index contributed by atoms with van der Waals surface area (Å²) in [5, 5.41) is 11.6. The molecule has 0 saturated carbocycles. The van der Waals surface area contributed by atoms with Crippen molar-refractivity contribution in [2.45, 2.75) is 77.3 Å². The van der Waals surface area contributed by atoms with Gasteiger partial charge in [-0.2, -0.15) is 0 Å². The molecule has 1 rings (SSSR count). The van der Waals surface area contributed by atoms with Gasteiger partial charge in [0.2, 0.25) is 11.8 Å². The Morgan fingerprint density at radius 1 is 1.14 bits per heavy atom. The summed E-state index contributed by atoms with van der Waals surface area (Å²) in [6, 6.07) is 4.28. The van der Waals surface area contributed by atoms with Crippen molar-refractivity contribution in [3.8, 4) is 0 Å². The highest BCUT2D eigenvalue weighted by atomic mass is 16.6. The van der Waals surface area contributed by atoms with Crippen molar-refractivity contribution in [3.63, 3.8) is 0 Å². The molecule has 0 saturated heterocycles. The fraction of sp³-hybridized carbons (Fsp3) is 0.522. The van der Waals surface area contributed by atoms with Gasteiger partial charge in [0, 0.05) is 0 Å². The maximum Gasteiger partial charge on any atom is 0.417 e. The van der Waals surface area contributed by atoms with Crippen LogP contribution in [0.2, 0.25) is 0 Å². The Morgan fingerprint density at radius 2 is 1.74 bits per heavy atom. The third-order valence-electron chi connectivity index (χ3n) is 4.63. The number of primary amides is 1. The van der Waals surface area contributed by atoms with E-state index >= 15 is 0 Å². The van der Waals surface area contributed by atoms with Gasteiger partial charge in [-0.1, -0.05) is 30.3 Å². The van der Waals surface area contributed by atoms with Crippen molar-refractivity contribution in [1.82, 2.24) is 10.2 Å². The van der Waals surface area contributed by atoms with Gasteiger partial charge in [0.25, 0.3) is 0 Å². The molecule has 1 aromatic rings. The van der Waals surface area contributed by atoms with E-state index in [9.17, 15) is 29.1 Å². The number of nitrogens with two attached hydrogens (primary N) is 2. The predicted molar refractivity (Wildman–Crippen MR) is 125 cm³/mol. The number of hydrogen-bond donors (Lipinski definition) is 4. The molecule has 3 unspecified atom stereocenters. The van der Waals surface area contributed by atoms with E-state index in [4.69, 9.17) is 22.3 Å². The average molecular weight is 496 g/mol. The van der Waals surface area contributed by atoms with Gasteiger partial charge in [-0.25, -0.2) is 19.3 Å². The Hall–Kier alpha value is -3.67. The molecule has 0 fully saturated rings. The highest BCUT2D eigenvalue weighted by molar-refractivity contribution is 5.98. The number of carboxylic acids is 1. The summed E-state index contributed by atoms with van der Waals surface area (Å²) in [5.41, 5.74) is 10.7. The lowest BCUT2D eigenvalue weighted by atomic mass is 10.0.